The molecule has 0 saturated heterocycles. The van der Waals surface area contributed by atoms with Gasteiger partial charge in [0.25, 0.3) is 0 Å². The minimum absolute atomic E-state index is 0.340. The summed E-state index contributed by atoms with van der Waals surface area (Å²) < 4.78 is 6.68. The maximum absolute atomic E-state index is 6.68. The Balaban J connectivity index is 1.82. The van der Waals surface area contributed by atoms with Gasteiger partial charge in [-0.3, -0.25) is 0 Å². The summed E-state index contributed by atoms with van der Waals surface area (Å²) >= 11 is 0. The molecule has 0 amide bonds. The van der Waals surface area contributed by atoms with Gasteiger partial charge >= 0.3 is 0 Å². The lowest BCUT2D eigenvalue weighted by Gasteiger charge is -2.48. The van der Waals surface area contributed by atoms with Crippen LogP contribution < -0.4 is 4.90 Å². The summed E-state index contributed by atoms with van der Waals surface area (Å²) in [6.45, 7) is 6.92. The van der Waals surface area contributed by atoms with Gasteiger partial charge in [-0.05, 0) is 62.2 Å². The standard InChI is InChI=1S/C24H31NOSi/c1-27(2,3)26-24-18-23(19-12-6-4-7-13-19)25(20-14-8-5-9-15-20)22-17-11-10-16-21(22)24/h4-9,12-15,22-23H,10-11,16-18H2,1-3H3/t22-,23+/m0/s1. The number of hydrogen-bond acceptors (Lipinski definition) is 2. The van der Waals surface area contributed by atoms with Gasteiger partial charge in [0.15, 0.2) is 0 Å². The van der Waals surface area contributed by atoms with E-state index in [0.29, 0.717) is 12.1 Å². The Kier molecular flexibility index (Phi) is 5.14. The highest BCUT2D eigenvalue weighted by molar-refractivity contribution is 6.70. The van der Waals surface area contributed by atoms with Crippen molar-refractivity contribution in [2.75, 3.05) is 4.90 Å². The SMILES string of the molecule is C[Si](C)(C)OC1=C2CCCC[C@@H]2N(c2ccccc2)[C@@H](c2ccccc2)C1. The third-order valence-electron chi connectivity index (χ3n) is 5.65. The van der Waals surface area contributed by atoms with Crippen LogP contribution in [0.15, 0.2) is 72.0 Å². The summed E-state index contributed by atoms with van der Waals surface area (Å²) in [5, 5.41) is 0. The molecule has 0 radical (unpaired) electrons. The molecular formula is C24H31NOSi. The van der Waals surface area contributed by atoms with Crippen molar-refractivity contribution in [2.24, 2.45) is 0 Å². The number of anilines is 1. The quantitative estimate of drug-likeness (QED) is 0.551. The minimum Gasteiger partial charge on any atom is -0.547 e. The second kappa shape index (κ2) is 7.55. The van der Waals surface area contributed by atoms with Crippen molar-refractivity contribution >= 4 is 14.0 Å². The summed E-state index contributed by atoms with van der Waals surface area (Å²) in [6.07, 6.45) is 6.00. The third-order valence-corrected chi connectivity index (χ3v) is 6.51. The van der Waals surface area contributed by atoms with Gasteiger partial charge < -0.3 is 9.33 Å². The molecule has 2 nitrogen and oxygen atoms in total. The summed E-state index contributed by atoms with van der Waals surface area (Å²) in [5.74, 6) is 1.31. The summed E-state index contributed by atoms with van der Waals surface area (Å²) in [5.41, 5.74) is 4.30. The van der Waals surface area contributed by atoms with Crippen LogP contribution in [0.25, 0.3) is 0 Å². The first-order valence-electron chi connectivity index (χ1n) is 10.3. The van der Waals surface area contributed by atoms with Gasteiger partial charge in [0.2, 0.25) is 8.32 Å². The monoisotopic (exact) mass is 377 g/mol. The molecule has 1 fully saturated rings. The molecule has 2 atom stereocenters. The molecule has 1 aliphatic carbocycles. The molecule has 2 aromatic rings. The van der Waals surface area contributed by atoms with Crippen molar-refractivity contribution in [3.8, 4) is 0 Å². The fourth-order valence-corrected chi connectivity index (χ4v) is 5.59. The predicted octanol–water partition coefficient (Wildman–Crippen LogP) is 6.69. The van der Waals surface area contributed by atoms with Crippen LogP contribution in [0.1, 0.15) is 43.7 Å². The lowest BCUT2D eigenvalue weighted by atomic mass is 9.81. The molecule has 0 unspecified atom stereocenters. The predicted molar refractivity (Wildman–Crippen MR) is 116 cm³/mol. The maximum atomic E-state index is 6.68. The van der Waals surface area contributed by atoms with Gasteiger partial charge in [-0.25, -0.2) is 0 Å². The molecule has 27 heavy (non-hydrogen) atoms. The van der Waals surface area contributed by atoms with E-state index in [9.17, 15) is 0 Å². The number of hydrogen-bond donors (Lipinski definition) is 0. The van der Waals surface area contributed by atoms with Gasteiger partial charge in [-0.1, -0.05) is 55.0 Å². The molecule has 0 bridgehead atoms. The van der Waals surface area contributed by atoms with Crippen LogP contribution in [0.5, 0.6) is 0 Å². The first kappa shape index (κ1) is 18.4. The van der Waals surface area contributed by atoms with E-state index in [1.807, 2.05) is 0 Å². The van der Waals surface area contributed by atoms with Crippen LogP contribution >= 0.6 is 0 Å². The van der Waals surface area contributed by atoms with Crippen LogP contribution in [-0.2, 0) is 4.43 Å². The lowest BCUT2D eigenvalue weighted by Crippen LogP contribution is -2.46. The molecule has 0 spiro atoms. The van der Waals surface area contributed by atoms with Crippen molar-refractivity contribution in [1.82, 2.24) is 0 Å². The van der Waals surface area contributed by atoms with E-state index in [0.717, 1.165) is 6.42 Å². The topological polar surface area (TPSA) is 12.5 Å². The van der Waals surface area contributed by atoms with Crippen molar-refractivity contribution in [3.63, 3.8) is 0 Å². The fraction of sp³-hybridized carbons (Fsp3) is 0.417. The van der Waals surface area contributed by atoms with Crippen molar-refractivity contribution in [3.05, 3.63) is 77.6 Å². The molecule has 142 valence electrons. The number of rotatable bonds is 4. The van der Waals surface area contributed by atoms with E-state index in [1.165, 1.54) is 42.7 Å². The Labute approximate surface area is 165 Å². The fourth-order valence-electron chi connectivity index (χ4n) is 4.64. The average molecular weight is 378 g/mol. The maximum Gasteiger partial charge on any atom is 0.241 e. The van der Waals surface area contributed by atoms with Gasteiger partial charge in [-0.15, -0.1) is 0 Å². The lowest BCUT2D eigenvalue weighted by molar-refractivity contribution is 0.320. The van der Waals surface area contributed by atoms with Crippen LogP contribution in [-0.4, -0.2) is 14.4 Å². The van der Waals surface area contributed by atoms with Crippen molar-refractivity contribution in [1.29, 1.82) is 0 Å². The minimum atomic E-state index is -1.63. The summed E-state index contributed by atoms with van der Waals surface area (Å²) in [4.78, 5) is 2.68. The van der Waals surface area contributed by atoms with Crippen LogP contribution in [0, 0.1) is 0 Å². The molecule has 1 aliphatic heterocycles. The number of benzene rings is 2. The Bertz CT molecular complexity index is 794. The van der Waals surface area contributed by atoms with E-state index < -0.39 is 8.32 Å². The molecule has 2 aromatic carbocycles. The van der Waals surface area contributed by atoms with Crippen LogP contribution in [0.2, 0.25) is 19.6 Å². The van der Waals surface area contributed by atoms with E-state index in [-0.39, 0.29) is 0 Å². The van der Waals surface area contributed by atoms with E-state index in [4.69, 9.17) is 4.43 Å². The van der Waals surface area contributed by atoms with Crippen LogP contribution in [0.4, 0.5) is 5.69 Å². The normalized spacial score (nSPS) is 23.1. The third kappa shape index (κ3) is 3.98. The van der Waals surface area contributed by atoms with Crippen molar-refractivity contribution in [2.45, 2.75) is 63.8 Å². The van der Waals surface area contributed by atoms with Gasteiger partial charge in [0.1, 0.15) is 0 Å². The van der Waals surface area contributed by atoms with E-state index in [1.54, 1.807) is 5.57 Å². The largest absolute Gasteiger partial charge is 0.547 e. The Morgan fingerprint density at radius 2 is 1.52 bits per heavy atom. The molecule has 1 saturated carbocycles. The molecule has 2 aliphatic rings. The smallest absolute Gasteiger partial charge is 0.241 e. The molecule has 1 heterocycles. The first-order chi connectivity index (χ1) is 13.0. The highest BCUT2D eigenvalue weighted by atomic mass is 28.4. The highest BCUT2D eigenvalue weighted by Crippen LogP contribution is 2.46. The van der Waals surface area contributed by atoms with Crippen LogP contribution in [0.3, 0.4) is 0 Å². The van der Waals surface area contributed by atoms with Crippen molar-refractivity contribution < 1.29 is 4.43 Å². The highest BCUT2D eigenvalue weighted by Gasteiger charge is 2.39. The molecule has 0 N–H and O–H groups in total. The van der Waals surface area contributed by atoms with Gasteiger partial charge in [0, 0.05) is 12.1 Å². The zero-order valence-electron chi connectivity index (χ0n) is 16.8. The molecular weight excluding hydrogens is 346 g/mol. The van der Waals surface area contributed by atoms with Gasteiger partial charge in [0.05, 0.1) is 17.8 Å². The summed E-state index contributed by atoms with van der Waals surface area (Å²) in [6, 6.07) is 22.8. The Hall–Kier alpha value is -2.00. The first-order valence-corrected chi connectivity index (χ1v) is 13.7. The number of fused-ring (bicyclic) bond motifs is 1. The second-order valence-electron chi connectivity index (χ2n) is 8.80. The number of para-hydroxylation sites is 1. The average Bonchev–Trinajstić information content (AvgIpc) is 2.68. The second-order valence-corrected chi connectivity index (χ2v) is 13.2. The van der Waals surface area contributed by atoms with Gasteiger partial charge in [-0.2, -0.15) is 0 Å². The zero-order valence-corrected chi connectivity index (χ0v) is 17.8. The van der Waals surface area contributed by atoms with E-state index >= 15 is 0 Å². The molecule has 0 aromatic heterocycles. The Morgan fingerprint density at radius 3 is 2.19 bits per heavy atom. The number of nitrogens with zero attached hydrogens (tertiary/aromatic N) is 1. The molecule has 4 rings (SSSR count). The molecule has 3 heteroatoms. The van der Waals surface area contributed by atoms with E-state index in [2.05, 4.69) is 85.2 Å². The zero-order chi connectivity index (χ0) is 18.9. The summed E-state index contributed by atoms with van der Waals surface area (Å²) in [7, 11) is -1.63. The Morgan fingerprint density at radius 1 is 0.852 bits per heavy atom.